The first kappa shape index (κ1) is 18.5. The first-order valence-corrected chi connectivity index (χ1v) is 10.8. The molecule has 2 aromatic rings. The van der Waals surface area contributed by atoms with Gasteiger partial charge < -0.3 is 10.1 Å². The van der Waals surface area contributed by atoms with Gasteiger partial charge in [0.25, 0.3) is 0 Å². The second-order valence-electron chi connectivity index (χ2n) is 7.61. The van der Waals surface area contributed by atoms with Gasteiger partial charge in [-0.1, -0.05) is 30.3 Å². The van der Waals surface area contributed by atoms with E-state index in [4.69, 9.17) is 4.74 Å². The SMILES string of the molecule is COc1ccc(C)cc1S(=O)(=O)N1C[C@@H]2CNC[C@@H]2[C@@H]1c1ccccc1C. The molecule has 144 valence electrons. The minimum atomic E-state index is -3.68. The highest BCUT2D eigenvalue weighted by Gasteiger charge is 2.50. The lowest BCUT2D eigenvalue weighted by Gasteiger charge is -2.29. The van der Waals surface area contributed by atoms with Crippen LogP contribution in [0.2, 0.25) is 0 Å². The fourth-order valence-electron chi connectivity index (χ4n) is 4.54. The second-order valence-corrected chi connectivity index (χ2v) is 9.47. The van der Waals surface area contributed by atoms with E-state index in [0.717, 1.165) is 29.8 Å². The van der Waals surface area contributed by atoms with Gasteiger partial charge in [0.15, 0.2) is 0 Å². The van der Waals surface area contributed by atoms with Crippen molar-refractivity contribution in [3.8, 4) is 5.75 Å². The lowest BCUT2D eigenvalue weighted by Crippen LogP contribution is -2.35. The number of hydrogen-bond acceptors (Lipinski definition) is 4. The summed E-state index contributed by atoms with van der Waals surface area (Å²) in [4.78, 5) is 0.261. The zero-order valence-electron chi connectivity index (χ0n) is 16.0. The molecule has 2 heterocycles. The molecule has 1 N–H and O–H groups in total. The first-order valence-electron chi connectivity index (χ1n) is 9.36. The quantitative estimate of drug-likeness (QED) is 0.878. The van der Waals surface area contributed by atoms with E-state index in [1.165, 1.54) is 7.11 Å². The number of rotatable bonds is 4. The third-order valence-electron chi connectivity index (χ3n) is 5.94. The smallest absolute Gasteiger partial charge is 0.247 e. The monoisotopic (exact) mass is 386 g/mol. The number of benzene rings is 2. The van der Waals surface area contributed by atoms with Gasteiger partial charge in [-0.3, -0.25) is 0 Å². The molecule has 27 heavy (non-hydrogen) atoms. The fourth-order valence-corrected chi connectivity index (χ4v) is 6.49. The molecule has 0 unspecified atom stereocenters. The summed E-state index contributed by atoms with van der Waals surface area (Å²) >= 11 is 0. The van der Waals surface area contributed by atoms with Crippen molar-refractivity contribution >= 4 is 10.0 Å². The Morgan fingerprint density at radius 1 is 1.11 bits per heavy atom. The Kier molecular flexibility index (Phi) is 4.74. The predicted molar refractivity (Wildman–Crippen MR) is 105 cm³/mol. The normalized spacial score (nSPS) is 25.5. The minimum absolute atomic E-state index is 0.151. The Balaban J connectivity index is 1.84. The highest BCUT2D eigenvalue weighted by molar-refractivity contribution is 7.89. The molecule has 2 fully saturated rings. The third-order valence-corrected chi connectivity index (χ3v) is 7.80. The van der Waals surface area contributed by atoms with Gasteiger partial charge in [0.05, 0.1) is 13.2 Å². The van der Waals surface area contributed by atoms with Crippen molar-refractivity contribution in [2.24, 2.45) is 11.8 Å². The molecule has 2 aliphatic rings. The number of nitrogens with zero attached hydrogens (tertiary/aromatic N) is 1. The van der Waals surface area contributed by atoms with Crippen LogP contribution in [0, 0.1) is 25.7 Å². The Bertz CT molecular complexity index is 958. The maximum absolute atomic E-state index is 13.7. The van der Waals surface area contributed by atoms with E-state index < -0.39 is 10.0 Å². The molecule has 0 radical (unpaired) electrons. The van der Waals surface area contributed by atoms with Crippen LogP contribution < -0.4 is 10.1 Å². The van der Waals surface area contributed by atoms with Gasteiger partial charge in [0.2, 0.25) is 10.0 Å². The van der Waals surface area contributed by atoms with Crippen molar-refractivity contribution in [3.05, 3.63) is 59.2 Å². The van der Waals surface area contributed by atoms with Crippen LogP contribution in [0.3, 0.4) is 0 Å². The van der Waals surface area contributed by atoms with Crippen LogP contribution in [0.4, 0.5) is 0 Å². The maximum atomic E-state index is 13.7. The van der Waals surface area contributed by atoms with Crippen LogP contribution in [0.15, 0.2) is 47.4 Å². The van der Waals surface area contributed by atoms with E-state index in [2.05, 4.69) is 24.4 Å². The largest absolute Gasteiger partial charge is 0.495 e. The molecule has 3 atom stereocenters. The van der Waals surface area contributed by atoms with E-state index in [9.17, 15) is 8.42 Å². The summed E-state index contributed by atoms with van der Waals surface area (Å²) in [5, 5.41) is 3.44. The molecule has 2 aliphatic heterocycles. The molecule has 0 amide bonds. The standard InChI is InChI=1S/C21H26N2O3S/c1-14-8-9-19(26-3)20(10-14)27(24,25)23-13-16-11-22-12-18(16)21(23)17-7-5-4-6-15(17)2/h4-10,16,18,21-22H,11-13H2,1-3H3/t16-,18-,21-/m0/s1. The van der Waals surface area contributed by atoms with Crippen LogP contribution >= 0.6 is 0 Å². The Morgan fingerprint density at radius 2 is 1.89 bits per heavy atom. The maximum Gasteiger partial charge on any atom is 0.247 e. The van der Waals surface area contributed by atoms with Gasteiger partial charge in [-0.05, 0) is 61.1 Å². The van der Waals surface area contributed by atoms with Crippen molar-refractivity contribution < 1.29 is 13.2 Å². The highest BCUT2D eigenvalue weighted by Crippen LogP contribution is 2.47. The summed E-state index contributed by atoms with van der Waals surface area (Å²) in [6, 6.07) is 13.3. The van der Waals surface area contributed by atoms with Crippen molar-refractivity contribution in [3.63, 3.8) is 0 Å². The Labute approximate surface area is 161 Å². The van der Waals surface area contributed by atoms with Crippen LogP contribution in [-0.4, -0.2) is 39.5 Å². The summed E-state index contributed by atoms with van der Waals surface area (Å²) in [5.41, 5.74) is 3.14. The number of methoxy groups -OCH3 is 1. The molecule has 0 aliphatic carbocycles. The number of aryl methyl sites for hydroxylation is 2. The molecule has 0 spiro atoms. The molecule has 0 bridgehead atoms. The van der Waals surface area contributed by atoms with E-state index in [0.29, 0.717) is 18.2 Å². The third kappa shape index (κ3) is 3.06. The summed E-state index contributed by atoms with van der Waals surface area (Å²) in [7, 11) is -2.16. The van der Waals surface area contributed by atoms with E-state index in [1.807, 2.05) is 25.1 Å². The fraction of sp³-hybridized carbons (Fsp3) is 0.429. The molecular formula is C21H26N2O3S. The lowest BCUT2D eigenvalue weighted by molar-refractivity contribution is 0.341. The van der Waals surface area contributed by atoms with Gasteiger partial charge in [-0.15, -0.1) is 0 Å². The number of hydrogen-bond donors (Lipinski definition) is 1. The van der Waals surface area contributed by atoms with Crippen molar-refractivity contribution in [2.45, 2.75) is 24.8 Å². The molecule has 6 heteroatoms. The molecule has 0 saturated carbocycles. The zero-order valence-corrected chi connectivity index (χ0v) is 16.8. The van der Waals surface area contributed by atoms with Gasteiger partial charge in [0, 0.05) is 13.1 Å². The molecule has 5 nitrogen and oxygen atoms in total. The molecular weight excluding hydrogens is 360 g/mol. The summed E-state index contributed by atoms with van der Waals surface area (Å²) in [6.07, 6.45) is 0. The molecule has 2 saturated heterocycles. The zero-order chi connectivity index (χ0) is 19.2. The van der Waals surface area contributed by atoms with Crippen LogP contribution in [-0.2, 0) is 10.0 Å². The topological polar surface area (TPSA) is 58.6 Å². The Hall–Kier alpha value is -1.89. The van der Waals surface area contributed by atoms with Crippen LogP contribution in [0.25, 0.3) is 0 Å². The van der Waals surface area contributed by atoms with Crippen molar-refractivity contribution in [1.82, 2.24) is 9.62 Å². The lowest BCUT2D eigenvalue weighted by atomic mass is 9.88. The minimum Gasteiger partial charge on any atom is -0.495 e. The molecule has 4 rings (SSSR count). The number of sulfonamides is 1. The van der Waals surface area contributed by atoms with E-state index in [-0.39, 0.29) is 16.9 Å². The van der Waals surface area contributed by atoms with Gasteiger partial charge in [0.1, 0.15) is 10.6 Å². The molecule has 0 aromatic heterocycles. The highest BCUT2D eigenvalue weighted by atomic mass is 32.2. The second kappa shape index (κ2) is 6.93. The number of nitrogens with one attached hydrogen (secondary N) is 1. The van der Waals surface area contributed by atoms with Gasteiger partial charge in [-0.2, -0.15) is 4.31 Å². The summed E-state index contributed by atoms with van der Waals surface area (Å²) < 4.78 is 34.5. The van der Waals surface area contributed by atoms with Crippen LogP contribution in [0.5, 0.6) is 5.75 Å². The van der Waals surface area contributed by atoms with Gasteiger partial charge in [-0.25, -0.2) is 8.42 Å². The van der Waals surface area contributed by atoms with Crippen LogP contribution in [0.1, 0.15) is 22.7 Å². The van der Waals surface area contributed by atoms with Crippen molar-refractivity contribution in [1.29, 1.82) is 0 Å². The Morgan fingerprint density at radius 3 is 2.63 bits per heavy atom. The van der Waals surface area contributed by atoms with Crippen molar-refractivity contribution in [2.75, 3.05) is 26.7 Å². The number of ether oxygens (including phenoxy) is 1. The van der Waals surface area contributed by atoms with Gasteiger partial charge >= 0.3 is 0 Å². The summed E-state index contributed by atoms with van der Waals surface area (Å²) in [5.74, 6) is 1.02. The number of fused-ring (bicyclic) bond motifs is 1. The van der Waals surface area contributed by atoms with E-state index >= 15 is 0 Å². The predicted octanol–water partition coefficient (Wildman–Crippen LogP) is 2.89. The average Bonchev–Trinajstić information content (AvgIpc) is 3.24. The first-order chi connectivity index (χ1) is 12.9. The summed E-state index contributed by atoms with van der Waals surface area (Å²) in [6.45, 7) is 6.21. The average molecular weight is 387 g/mol. The van der Waals surface area contributed by atoms with E-state index in [1.54, 1.807) is 16.4 Å². The molecule has 2 aromatic carbocycles.